The van der Waals surface area contributed by atoms with E-state index in [9.17, 15) is 21.6 Å². The van der Waals surface area contributed by atoms with Crippen LogP contribution in [-0.2, 0) is 16.0 Å². The van der Waals surface area contributed by atoms with Crippen LogP contribution in [0.1, 0.15) is 23.6 Å². The second-order valence-corrected chi connectivity index (χ2v) is 10.2. The fourth-order valence-corrected chi connectivity index (χ4v) is 5.24. The molecule has 0 atom stereocenters. The van der Waals surface area contributed by atoms with Crippen LogP contribution in [0.2, 0.25) is 0 Å². The van der Waals surface area contributed by atoms with Crippen LogP contribution in [0, 0.1) is 13.8 Å². The lowest BCUT2D eigenvalue weighted by Crippen LogP contribution is -2.07. The van der Waals surface area contributed by atoms with Crippen LogP contribution in [0.15, 0.2) is 71.8 Å². The van der Waals surface area contributed by atoms with Crippen molar-refractivity contribution in [3.8, 4) is 22.3 Å². The number of rotatable bonds is 4. The lowest BCUT2D eigenvalue weighted by molar-refractivity contribution is -0.136. The SMILES string of the molecule is CCS(=O)(=O)c1cc(-c2cccc(-c3c(C)cnc4c(C(F)(F)F)cccc34)c2)ccc1C. The zero-order chi connectivity index (χ0) is 24.0. The molecule has 0 amide bonds. The first-order chi connectivity index (χ1) is 15.5. The third kappa shape index (κ3) is 4.25. The van der Waals surface area contributed by atoms with Crippen molar-refractivity contribution in [3.63, 3.8) is 0 Å². The van der Waals surface area contributed by atoms with Gasteiger partial charge in [-0.1, -0.05) is 49.4 Å². The predicted octanol–water partition coefficient (Wildman–Crippen LogP) is 7.00. The van der Waals surface area contributed by atoms with E-state index in [1.54, 1.807) is 32.0 Å². The van der Waals surface area contributed by atoms with Crippen LogP contribution < -0.4 is 0 Å². The van der Waals surface area contributed by atoms with E-state index in [4.69, 9.17) is 0 Å². The van der Waals surface area contributed by atoms with Crippen molar-refractivity contribution in [1.29, 1.82) is 0 Å². The summed E-state index contributed by atoms with van der Waals surface area (Å²) in [5.41, 5.74) is 3.45. The van der Waals surface area contributed by atoms with Crippen LogP contribution in [-0.4, -0.2) is 19.2 Å². The predicted molar refractivity (Wildman–Crippen MR) is 125 cm³/mol. The number of benzene rings is 3. The van der Waals surface area contributed by atoms with E-state index in [1.807, 2.05) is 37.3 Å². The minimum atomic E-state index is -4.51. The van der Waals surface area contributed by atoms with E-state index in [2.05, 4.69) is 4.98 Å². The minimum absolute atomic E-state index is 0.00106. The summed E-state index contributed by atoms with van der Waals surface area (Å²) in [7, 11) is -3.39. The number of hydrogen-bond donors (Lipinski definition) is 0. The quantitative estimate of drug-likeness (QED) is 0.323. The molecule has 170 valence electrons. The highest BCUT2D eigenvalue weighted by Crippen LogP contribution is 2.39. The number of sulfone groups is 1. The molecular weight excluding hydrogens is 447 g/mol. The summed E-state index contributed by atoms with van der Waals surface area (Å²) < 4.78 is 65.6. The molecule has 0 unspecified atom stereocenters. The molecule has 0 aliphatic rings. The summed E-state index contributed by atoms with van der Waals surface area (Å²) in [6, 6.07) is 16.7. The molecule has 3 nitrogen and oxygen atoms in total. The average Bonchev–Trinajstić information content (AvgIpc) is 2.78. The summed E-state index contributed by atoms with van der Waals surface area (Å²) in [4.78, 5) is 4.37. The lowest BCUT2D eigenvalue weighted by Gasteiger charge is -2.15. The number of hydrogen-bond acceptors (Lipinski definition) is 3. The first kappa shape index (κ1) is 23.0. The molecule has 33 heavy (non-hydrogen) atoms. The number of para-hydroxylation sites is 1. The largest absolute Gasteiger partial charge is 0.418 e. The number of fused-ring (bicyclic) bond motifs is 1. The summed E-state index contributed by atoms with van der Waals surface area (Å²) in [6.07, 6.45) is -3.05. The van der Waals surface area contributed by atoms with Crippen molar-refractivity contribution in [1.82, 2.24) is 4.98 Å². The van der Waals surface area contributed by atoms with Crippen LogP contribution >= 0.6 is 0 Å². The number of alkyl halides is 3. The van der Waals surface area contributed by atoms with E-state index < -0.39 is 21.6 Å². The number of nitrogens with zero attached hydrogens (tertiary/aromatic N) is 1. The number of aryl methyl sites for hydroxylation is 2. The summed E-state index contributed by atoms with van der Waals surface area (Å²) in [6.45, 7) is 5.18. The van der Waals surface area contributed by atoms with Gasteiger partial charge in [-0.3, -0.25) is 4.98 Å². The van der Waals surface area contributed by atoms with Gasteiger partial charge >= 0.3 is 6.18 Å². The highest BCUT2D eigenvalue weighted by molar-refractivity contribution is 7.91. The zero-order valence-electron chi connectivity index (χ0n) is 18.4. The zero-order valence-corrected chi connectivity index (χ0v) is 19.2. The van der Waals surface area contributed by atoms with E-state index >= 15 is 0 Å². The van der Waals surface area contributed by atoms with Gasteiger partial charge in [-0.2, -0.15) is 13.2 Å². The summed E-state index contributed by atoms with van der Waals surface area (Å²) in [5, 5.41) is 0.417. The van der Waals surface area contributed by atoms with Crippen molar-refractivity contribution in [2.75, 3.05) is 5.75 Å². The molecule has 4 rings (SSSR count). The molecule has 7 heteroatoms. The third-order valence-electron chi connectivity index (χ3n) is 5.78. The highest BCUT2D eigenvalue weighted by Gasteiger charge is 2.33. The van der Waals surface area contributed by atoms with E-state index in [-0.39, 0.29) is 16.2 Å². The van der Waals surface area contributed by atoms with Gasteiger partial charge in [0.05, 0.1) is 21.7 Å². The number of pyridine rings is 1. The smallest absolute Gasteiger partial charge is 0.255 e. The Bertz CT molecular complexity index is 1480. The number of aromatic nitrogens is 1. The molecule has 1 aromatic heterocycles. The minimum Gasteiger partial charge on any atom is -0.255 e. The first-order valence-corrected chi connectivity index (χ1v) is 12.1. The second-order valence-electron chi connectivity index (χ2n) is 7.98. The van der Waals surface area contributed by atoms with E-state index in [0.29, 0.717) is 16.5 Å². The van der Waals surface area contributed by atoms with Crippen LogP contribution in [0.5, 0.6) is 0 Å². The Morgan fingerprint density at radius 1 is 0.848 bits per heavy atom. The van der Waals surface area contributed by atoms with E-state index in [0.717, 1.165) is 28.3 Å². The van der Waals surface area contributed by atoms with Crippen LogP contribution in [0.3, 0.4) is 0 Å². The maximum Gasteiger partial charge on any atom is 0.418 e. The third-order valence-corrected chi connectivity index (χ3v) is 7.65. The van der Waals surface area contributed by atoms with Gasteiger partial charge in [0.2, 0.25) is 0 Å². The highest BCUT2D eigenvalue weighted by atomic mass is 32.2. The summed E-state index contributed by atoms with van der Waals surface area (Å²) >= 11 is 0. The van der Waals surface area contributed by atoms with Gasteiger partial charge in [-0.05, 0) is 65.4 Å². The Balaban J connectivity index is 1.92. The van der Waals surface area contributed by atoms with Gasteiger partial charge < -0.3 is 0 Å². The Morgan fingerprint density at radius 2 is 1.52 bits per heavy atom. The molecule has 0 radical (unpaired) electrons. The Kier molecular flexibility index (Phi) is 5.78. The molecule has 0 N–H and O–H groups in total. The number of halogens is 3. The van der Waals surface area contributed by atoms with Gasteiger partial charge in [0.25, 0.3) is 0 Å². The normalized spacial score (nSPS) is 12.3. The lowest BCUT2D eigenvalue weighted by atomic mass is 9.93. The van der Waals surface area contributed by atoms with Gasteiger partial charge in [-0.15, -0.1) is 0 Å². The fraction of sp³-hybridized carbons (Fsp3) is 0.192. The molecule has 0 saturated carbocycles. The van der Waals surface area contributed by atoms with Gasteiger partial charge in [0.1, 0.15) is 0 Å². The molecule has 3 aromatic carbocycles. The van der Waals surface area contributed by atoms with Gasteiger partial charge in [-0.25, -0.2) is 8.42 Å². The average molecular weight is 470 g/mol. The molecule has 0 saturated heterocycles. The molecule has 0 spiro atoms. The van der Waals surface area contributed by atoms with Crippen LogP contribution in [0.25, 0.3) is 33.2 Å². The molecule has 0 bridgehead atoms. The maximum absolute atomic E-state index is 13.5. The van der Waals surface area contributed by atoms with Crippen molar-refractivity contribution in [2.45, 2.75) is 31.8 Å². The Morgan fingerprint density at radius 3 is 2.21 bits per heavy atom. The first-order valence-electron chi connectivity index (χ1n) is 10.4. The Hall–Kier alpha value is -3.19. The summed E-state index contributed by atoms with van der Waals surface area (Å²) in [5.74, 6) is 0.00106. The second kappa shape index (κ2) is 8.30. The fourth-order valence-electron chi connectivity index (χ4n) is 4.06. The van der Waals surface area contributed by atoms with Gasteiger partial charge in [0.15, 0.2) is 9.84 Å². The van der Waals surface area contributed by atoms with Crippen molar-refractivity contribution in [2.24, 2.45) is 0 Å². The van der Waals surface area contributed by atoms with Crippen molar-refractivity contribution >= 4 is 20.7 Å². The molecule has 1 heterocycles. The molecule has 0 fully saturated rings. The monoisotopic (exact) mass is 469 g/mol. The van der Waals surface area contributed by atoms with Crippen molar-refractivity contribution in [3.05, 3.63) is 83.6 Å². The van der Waals surface area contributed by atoms with Crippen LogP contribution in [0.4, 0.5) is 13.2 Å². The van der Waals surface area contributed by atoms with Gasteiger partial charge in [0, 0.05) is 11.6 Å². The topological polar surface area (TPSA) is 47.0 Å². The maximum atomic E-state index is 13.5. The molecule has 4 aromatic rings. The van der Waals surface area contributed by atoms with E-state index in [1.165, 1.54) is 12.3 Å². The molecular formula is C26H22F3NO2S. The molecule has 0 aliphatic heterocycles. The standard InChI is InChI=1S/C26H22F3NO2S/c1-4-33(31,32)23-14-19(12-11-16(23)2)18-7-5-8-20(13-18)24-17(3)15-30-25-21(24)9-6-10-22(25)26(27,28)29/h5-15H,4H2,1-3H3. The Labute approximate surface area is 190 Å². The molecule has 0 aliphatic carbocycles. The van der Waals surface area contributed by atoms with Crippen molar-refractivity contribution < 1.29 is 21.6 Å².